The number of thioether (sulfide) groups is 1. The lowest BCUT2D eigenvalue weighted by molar-refractivity contribution is -0.122. The maximum Gasteiger partial charge on any atom is 0.257 e. The minimum atomic E-state index is -3.57. The van der Waals surface area contributed by atoms with E-state index in [1.807, 2.05) is 37.3 Å². The highest BCUT2D eigenvalue weighted by molar-refractivity contribution is 7.99. The molecule has 3 rings (SSSR count). The van der Waals surface area contributed by atoms with Gasteiger partial charge >= 0.3 is 0 Å². The van der Waals surface area contributed by atoms with Crippen molar-refractivity contribution in [3.05, 3.63) is 54.6 Å². The molecule has 176 valence electrons. The molecule has 1 aromatic heterocycles. The third-order valence-corrected chi connectivity index (χ3v) is 7.09. The summed E-state index contributed by atoms with van der Waals surface area (Å²) in [6.07, 6.45) is 0.695. The molecule has 0 saturated heterocycles. The number of nitrogens with one attached hydrogen (secondary N) is 3. The third-order valence-electron chi connectivity index (χ3n) is 4.64. The number of H-pyrrole nitrogens is 1. The molecule has 0 saturated carbocycles. The van der Waals surface area contributed by atoms with Crippen molar-refractivity contribution in [2.24, 2.45) is 0 Å². The first kappa shape index (κ1) is 24.7. The van der Waals surface area contributed by atoms with Crippen LogP contribution in [0.5, 0.6) is 5.75 Å². The van der Waals surface area contributed by atoms with Gasteiger partial charge in [0.25, 0.3) is 5.91 Å². The predicted molar refractivity (Wildman–Crippen MR) is 128 cm³/mol. The van der Waals surface area contributed by atoms with Crippen LogP contribution in [0.15, 0.2) is 64.6 Å². The summed E-state index contributed by atoms with van der Waals surface area (Å²) in [5, 5.41) is 10.5. The highest BCUT2D eigenvalue weighted by atomic mass is 32.2. The molecule has 0 unspecified atom stereocenters. The number of ether oxygens (including phenoxy) is 1. The number of rotatable bonds is 12. The molecule has 1 heterocycles. The number of amides is 1. The molecule has 9 nitrogen and oxygen atoms in total. The van der Waals surface area contributed by atoms with E-state index in [0.717, 1.165) is 5.56 Å². The van der Waals surface area contributed by atoms with Gasteiger partial charge in [-0.05, 0) is 37.6 Å². The van der Waals surface area contributed by atoms with E-state index in [1.165, 1.54) is 36.0 Å². The molecular formula is C22H27N5O4S2. The minimum absolute atomic E-state index is 0.150. The Kier molecular flexibility index (Phi) is 8.87. The molecule has 0 radical (unpaired) electrons. The molecule has 0 aliphatic heterocycles. The first-order valence-electron chi connectivity index (χ1n) is 10.5. The van der Waals surface area contributed by atoms with Crippen molar-refractivity contribution in [2.75, 3.05) is 18.9 Å². The number of aromatic nitrogens is 3. The topological polar surface area (TPSA) is 126 Å². The lowest BCUT2D eigenvalue weighted by atomic mass is 10.2. The molecule has 0 spiro atoms. The minimum Gasteiger partial charge on any atom is -0.484 e. The summed E-state index contributed by atoms with van der Waals surface area (Å²) in [4.78, 5) is 16.6. The molecule has 2 aromatic carbocycles. The van der Waals surface area contributed by atoms with Crippen molar-refractivity contribution in [1.29, 1.82) is 0 Å². The molecule has 0 aliphatic rings. The molecule has 3 N–H and O–H groups in total. The zero-order valence-electron chi connectivity index (χ0n) is 18.4. The number of carbonyl (C=O) groups is 1. The average Bonchev–Trinajstić information content (AvgIpc) is 3.30. The van der Waals surface area contributed by atoms with E-state index >= 15 is 0 Å². The van der Waals surface area contributed by atoms with Crippen molar-refractivity contribution in [3.63, 3.8) is 0 Å². The molecule has 1 atom stereocenters. The number of sulfonamides is 1. The SMILES string of the molecule is CC[C@@H](C)NS(=O)(=O)c1ccc(OCC(=O)NCCSc2n[nH]c(-c3ccccc3)n2)cc1. The van der Waals surface area contributed by atoms with Gasteiger partial charge in [0.2, 0.25) is 15.2 Å². The third kappa shape index (κ3) is 7.58. The van der Waals surface area contributed by atoms with Crippen LogP contribution in [0.3, 0.4) is 0 Å². The highest BCUT2D eigenvalue weighted by Gasteiger charge is 2.16. The van der Waals surface area contributed by atoms with E-state index in [0.29, 0.717) is 35.4 Å². The molecule has 33 heavy (non-hydrogen) atoms. The predicted octanol–water partition coefficient (Wildman–Crippen LogP) is 2.84. The van der Waals surface area contributed by atoms with E-state index in [4.69, 9.17) is 4.74 Å². The number of nitrogens with zero attached hydrogens (tertiary/aromatic N) is 2. The van der Waals surface area contributed by atoms with E-state index in [1.54, 1.807) is 6.92 Å². The smallest absolute Gasteiger partial charge is 0.257 e. The number of hydrogen-bond acceptors (Lipinski definition) is 7. The van der Waals surface area contributed by atoms with Crippen molar-refractivity contribution in [1.82, 2.24) is 25.2 Å². The van der Waals surface area contributed by atoms with Crippen LogP contribution in [0, 0.1) is 0 Å². The van der Waals surface area contributed by atoms with Gasteiger partial charge in [0.05, 0.1) is 4.90 Å². The summed E-state index contributed by atoms with van der Waals surface area (Å²) in [5.74, 6) is 1.44. The van der Waals surface area contributed by atoms with Crippen LogP contribution in [0.25, 0.3) is 11.4 Å². The van der Waals surface area contributed by atoms with Crippen LogP contribution in [0.1, 0.15) is 20.3 Å². The van der Waals surface area contributed by atoms with Gasteiger partial charge in [-0.2, -0.15) is 0 Å². The second-order valence-corrected chi connectivity index (χ2v) is 10.00. The molecular weight excluding hydrogens is 462 g/mol. The highest BCUT2D eigenvalue weighted by Crippen LogP contribution is 2.19. The second kappa shape index (κ2) is 11.8. The van der Waals surface area contributed by atoms with Crippen LogP contribution in [0.2, 0.25) is 0 Å². The average molecular weight is 490 g/mol. The largest absolute Gasteiger partial charge is 0.484 e. The van der Waals surface area contributed by atoms with Crippen molar-refractivity contribution >= 4 is 27.7 Å². The Bertz CT molecular complexity index is 1140. The van der Waals surface area contributed by atoms with Crippen molar-refractivity contribution in [3.8, 4) is 17.1 Å². The Balaban J connectivity index is 1.37. The van der Waals surface area contributed by atoms with Gasteiger partial charge in [-0.1, -0.05) is 49.0 Å². The Morgan fingerprint density at radius 2 is 1.88 bits per heavy atom. The van der Waals surface area contributed by atoms with Gasteiger partial charge in [0.15, 0.2) is 12.4 Å². The summed E-state index contributed by atoms with van der Waals surface area (Å²) in [7, 11) is -3.57. The quantitative estimate of drug-likeness (QED) is 0.264. The van der Waals surface area contributed by atoms with Gasteiger partial charge in [0.1, 0.15) is 5.75 Å². The van der Waals surface area contributed by atoms with Gasteiger partial charge < -0.3 is 10.1 Å². The van der Waals surface area contributed by atoms with E-state index in [-0.39, 0.29) is 23.5 Å². The Labute approximate surface area is 197 Å². The van der Waals surface area contributed by atoms with Gasteiger partial charge in [0, 0.05) is 23.9 Å². The zero-order valence-corrected chi connectivity index (χ0v) is 20.1. The molecule has 0 aliphatic carbocycles. The van der Waals surface area contributed by atoms with Crippen molar-refractivity contribution in [2.45, 2.75) is 36.4 Å². The van der Waals surface area contributed by atoms with Crippen LogP contribution in [-0.2, 0) is 14.8 Å². The van der Waals surface area contributed by atoms with Crippen LogP contribution in [-0.4, -0.2) is 54.5 Å². The standard InChI is InChI=1S/C22H27N5O4S2/c1-3-16(2)27-33(29,30)19-11-9-18(10-12-19)31-15-20(28)23-13-14-32-22-24-21(25-26-22)17-7-5-4-6-8-17/h4-12,16,27H,3,13-15H2,1-2H3,(H,23,28)(H,24,25,26)/t16-/m1/s1. The molecule has 1 amide bonds. The summed E-state index contributed by atoms with van der Waals surface area (Å²) < 4.78 is 32.6. The van der Waals surface area contributed by atoms with Crippen LogP contribution in [0.4, 0.5) is 0 Å². The van der Waals surface area contributed by atoms with Crippen LogP contribution >= 0.6 is 11.8 Å². The fraction of sp³-hybridized carbons (Fsp3) is 0.318. The molecule has 3 aromatic rings. The Morgan fingerprint density at radius 1 is 1.15 bits per heavy atom. The molecule has 11 heteroatoms. The Morgan fingerprint density at radius 3 is 2.58 bits per heavy atom. The number of hydrogen-bond donors (Lipinski definition) is 3. The van der Waals surface area contributed by atoms with Crippen molar-refractivity contribution < 1.29 is 17.9 Å². The fourth-order valence-electron chi connectivity index (χ4n) is 2.70. The first-order valence-corrected chi connectivity index (χ1v) is 13.0. The maximum absolute atomic E-state index is 12.3. The lowest BCUT2D eigenvalue weighted by Gasteiger charge is -2.12. The van der Waals surface area contributed by atoms with Gasteiger partial charge in [-0.15, -0.1) is 5.10 Å². The van der Waals surface area contributed by atoms with Gasteiger partial charge in [-0.25, -0.2) is 18.1 Å². The summed E-state index contributed by atoms with van der Waals surface area (Å²) in [6.45, 7) is 3.98. The summed E-state index contributed by atoms with van der Waals surface area (Å²) >= 11 is 1.43. The number of aromatic amines is 1. The number of carbonyl (C=O) groups excluding carboxylic acids is 1. The monoisotopic (exact) mass is 489 g/mol. The molecule has 0 bridgehead atoms. The second-order valence-electron chi connectivity index (χ2n) is 7.22. The van der Waals surface area contributed by atoms with E-state index < -0.39 is 10.0 Å². The van der Waals surface area contributed by atoms with Crippen LogP contribution < -0.4 is 14.8 Å². The Hall–Kier alpha value is -2.89. The van der Waals surface area contributed by atoms with Gasteiger partial charge in [-0.3, -0.25) is 9.89 Å². The van der Waals surface area contributed by atoms with E-state index in [2.05, 4.69) is 25.2 Å². The first-order chi connectivity index (χ1) is 15.9. The zero-order chi connectivity index (χ0) is 23.7. The lowest BCUT2D eigenvalue weighted by Crippen LogP contribution is -2.32. The maximum atomic E-state index is 12.3. The number of benzene rings is 2. The normalized spacial score (nSPS) is 12.3. The summed E-state index contributed by atoms with van der Waals surface area (Å²) in [5.41, 5.74) is 0.958. The summed E-state index contributed by atoms with van der Waals surface area (Å²) in [6, 6.07) is 15.5. The van der Waals surface area contributed by atoms with E-state index in [9.17, 15) is 13.2 Å². The fourth-order valence-corrected chi connectivity index (χ4v) is 4.68. The molecule has 0 fully saturated rings.